The number of rotatable bonds is 6. The van der Waals surface area contributed by atoms with E-state index in [9.17, 15) is 4.79 Å². The molecule has 0 N–H and O–H groups in total. The van der Waals surface area contributed by atoms with Gasteiger partial charge in [0, 0.05) is 26.2 Å². The Morgan fingerprint density at radius 2 is 1.80 bits per heavy atom. The lowest BCUT2D eigenvalue weighted by Gasteiger charge is -2.35. The van der Waals surface area contributed by atoms with Gasteiger partial charge in [-0.1, -0.05) is 0 Å². The maximum absolute atomic E-state index is 12.6. The molecule has 134 valence electrons. The van der Waals surface area contributed by atoms with E-state index in [0.29, 0.717) is 18.8 Å². The van der Waals surface area contributed by atoms with E-state index in [2.05, 4.69) is 4.90 Å². The van der Waals surface area contributed by atoms with Crippen molar-refractivity contribution in [1.82, 2.24) is 9.80 Å². The van der Waals surface area contributed by atoms with Crippen LogP contribution >= 0.6 is 0 Å². The summed E-state index contributed by atoms with van der Waals surface area (Å²) < 4.78 is 16.3. The van der Waals surface area contributed by atoms with Gasteiger partial charge in [-0.2, -0.15) is 0 Å². The van der Waals surface area contributed by atoms with Gasteiger partial charge in [-0.25, -0.2) is 0 Å². The lowest BCUT2D eigenvalue weighted by molar-refractivity contribution is -0.139. The molecule has 0 spiro atoms. The third-order valence-corrected chi connectivity index (χ3v) is 4.36. The number of carbonyl (C=O) groups is 1. The van der Waals surface area contributed by atoms with Gasteiger partial charge < -0.3 is 18.8 Å². The number of amides is 1. The second-order valence-electron chi connectivity index (χ2n) is 6.12. The van der Waals surface area contributed by atoms with Gasteiger partial charge in [-0.3, -0.25) is 9.69 Å². The fourth-order valence-corrected chi connectivity index (χ4v) is 2.92. The van der Waals surface area contributed by atoms with Crippen LogP contribution in [-0.2, 0) is 11.3 Å². The largest absolute Gasteiger partial charge is 0.497 e. The highest BCUT2D eigenvalue weighted by Gasteiger charge is 2.26. The average Bonchev–Trinajstić information content (AvgIpc) is 3.15. The van der Waals surface area contributed by atoms with Gasteiger partial charge >= 0.3 is 0 Å². The van der Waals surface area contributed by atoms with E-state index in [0.717, 1.165) is 31.1 Å². The minimum atomic E-state index is -0.509. The van der Waals surface area contributed by atoms with E-state index in [1.54, 1.807) is 20.3 Å². The number of piperazine rings is 1. The molecule has 6 heteroatoms. The van der Waals surface area contributed by atoms with Crippen LogP contribution in [0.25, 0.3) is 0 Å². The Labute approximate surface area is 147 Å². The molecule has 1 saturated heterocycles. The molecular formula is C19H24N2O4. The molecule has 1 aromatic heterocycles. The highest BCUT2D eigenvalue weighted by Crippen LogP contribution is 2.19. The summed E-state index contributed by atoms with van der Waals surface area (Å²) in [4.78, 5) is 16.7. The minimum absolute atomic E-state index is 0.0217. The molecule has 1 atom stereocenters. The molecule has 6 nitrogen and oxygen atoms in total. The Morgan fingerprint density at radius 1 is 1.12 bits per heavy atom. The number of hydrogen-bond acceptors (Lipinski definition) is 5. The molecule has 0 bridgehead atoms. The average molecular weight is 344 g/mol. The third kappa shape index (κ3) is 4.54. The second-order valence-corrected chi connectivity index (χ2v) is 6.12. The van der Waals surface area contributed by atoms with Crippen LogP contribution in [0.1, 0.15) is 12.7 Å². The lowest BCUT2D eigenvalue weighted by atomic mass is 10.2. The zero-order chi connectivity index (χ0) is 17.6. The number of benzene rings is 1. The first-order valence-electron chi connectivity index (χ1n) is 8.50. The first kappa shape index (κ1) is 17.4. The summed E-state index contributed by atoms with van der Waals surface area (Å²) in [5.41, 5.74) is 0. The fourth-order valence-electron chi connectivity index (χ4n) is 2.92. The predicted octanol–water partition coefficient (Wildman–Crippen LogP) is 2.40. The maximum atomic E-state index is 12.6. The standard InChI is InChI=1S/C19H24N2O4/c1-15(25-17-7-5-16(23-2)6-8-17)19(22)21-11-9-20(10-12-21)14-18-4-3-13-24-18/h3-8,13,15H,9-12,14H2,1-2H3/t15-/m0/s1. The van der Waals surface area contributed by atoms with Crippen LogP contribution in [0, 0.1) is 0 Å². The SMILES string of the molecule is COc1ccc(O[C@@H](C)C(=O)N2CCN(Cc3ccco3)CC2)cc1. The molecule has 2 aromatic rings. The van der Waals surface area contributed by atoms with Crippen LogP contribution < -0.4 is 9.47 Å². The number of methoxy groups -OCH3 is 1. The number of ether oxygens (including phenoxy) is 2. The van der Waals surface area contributed by atoms with Crippen molar-refractivity contribution in [2.24, 2.45) is 0 Å². The number of carbonyl (C=O) groups excluding carboxylic acids is 1. The Kier molecular flexibility index (Phi) is 5.60. The van der Waals surface area contributed by atoms with Gasteiger partial charge in [0.2, 0.25) is 0 Å². The maximum Gasteiger partial charge on any atom is 0.263 e. The van der Waals surface area contributed by atoms with Gasteiger partial charge in [-0.15, -0.1) is 0 Å². The molecule has 1 aliphatic rings. The molecule has 0 saturated carbocycles. The predicted molar refractivity (Wildman–Crippen MR) is 93.6 cm³/mol. The van der Waals surface area contributed by atoms with Crippen molar-refractivity contribution in [2.75, 3.05) is 33.3 Å². The molecule has 1 fully saturated rings. The summed E-state index contributed by atoms with van der Waals surface area (Å²) in [6.45, 7) is 5.66. The normalized spacial score (nSPS) is 16.5. The summed E-state index contributed by atoms with van der Waals surface area (Å²) in [6.07, 6.45) is 1.18. The Balaban J connectivity index is 1.47. The monoisotopic (exact) mass is 344 g/mol. The van der Waals surface area contributed by atoms with Crippen LogP contribution in [0.2, 0.25) is 0 Å². The van der Waals surface area contributed by atoms with Crippen molar-refractivity contribution in [2.45, 2.75) is 19.6 Å². The molecule has 0 aliphatic carbocycles. The van der Waals surface area contributed by atoms with E-state index < -0.39 is 6.10 Å². The molecular weight excluding hydrogens is 320 g/mol. The minimum Gasteiger partial charge on any atom is -0.497 e. The van der Waals surface area contributed by atoms with Gasteiger partial charge in [0.15, 0.2) is 6.10 Å². The molecule has 1 aromatic carbocycles. The van der Waals surface area contributed by atoms with Gasteiger partial charge in [0.25, 0.3) is 5.91 Å². The van der Waals surface area contributed by atoms with Crippen LogP contribution in [0.15, 0.2) is 47.1 Å². The van der Waals surface area contributed by atoms with Crippen LogP contribution in [0.3, 0.4) is 0 Å². The zero-order valence-corrected chi connectivity index (χ0v) is 14.7. The summed E-state index contributed by atoms with van der Waals surface area (Å²) >= 11 is 0. The molecule has 25 heavy (non-hydrogen) atoms. The summed E-state index contributed by atoms with van der Waals surface area (Å²) in [7, 11) is 1.62. The summed E-state index contributed by atoms with van der Waals surface area (Å²) in [5, 5.41) is 0. The van der Waals surface area contributed by atoms with E-state index in [-0.39, 0.29) is 5.91 Å². The van der Waals surface area contributed by atoms with Crippen molar-refractivity contribution < 1.29 is 18.7 Å². The quantitative estimate of drug-likeness (QED) is 0.805. The number of furan rings is 1. The van der Waals surface area contributed by atoms with Crippen molar-refractivity contribution in [3.05, 3.63) is 48.4 Å². The summed E-state index contributed by atoms with van der Waals surface area (Å²) in [6, 6.07) is 11.1. The fraction of sp³-hybridized carbons (Fsp3) is 0.421. The Morgan fingerprint density at radius 3 is 2.40 bits per heavy atom. The third-order valence-electron chi connectivity index (χ3n) is 4.36. The van der Waals surface area contributed by atoms with Crippen LogP contribution in [0.5, 0.6) is 11.5 Å². The van der Waals surface area contributed by atoms with E-state index in [1.165, 1.54) is 0 Å². The van der Waals surface area contributed by atoms with Crippen molar-refractivity contribution in [3.8, 4) is 11.5 Å². The van der Waals surface area contributed by atoms with Crippen molar-refractivity contribution in [1.29, 1.82) is 0 Å². The number of hydrogen-bond donors (Lipinski definition) is 0. The molecule has 2 heterocycles. The molecule has 0 radical (unpaired) electrons. The van der Waals surface area contributed by atoms with Crippen LogP contribution in [0.4, 0.5) is 0 Å². The van der Waals surface area contributed by atoms with E-state index >= 15 is 0 Å². The smallest absolute Gasteiger partial charge is 0.263 e. The topological polar surface area (TPSA) is 55.2 Å². The Bertz CT molecular complexity index is 661. The lowest BCUT2D eigenvalue weighted by Crippen LogP contribution is -2.51. The first-order valence-corrected chi connectivity index (χ1v) is 8.50. The molecule has 1 aliphatic heterocycles. The highest BCUT2D eigenvalue weighted by atomic mass is 16.5. The molecule has 1 amide bonds. The van der Waals surface area contributed by atoms with Crippen LogP contribution in [-0.4, -0.2) is 55.1 Å². The first-order chi connectivity index (χ1) is 12.2. The zero-order valence-electron chi connectivity index (χ0n) is 14.7. The highest BCUT2D eigenvalue weighted by molar-refractivity contribution is 5.81. The van der Waals surface area contributed by atoms with Crippen molar-refractivity contribution in [3.63, 3.8) is 0 Å². The van der Waals surface area contributed by atoms with E-state index in [1.807, 2.05) is 41.3 Å². The Hall–Kier alpha value is -2.47. The van der Waals surface area contributed by atoms with Gasteiger partial charge in [0.05, 0.1) is 19.9 Å². The van der Waals surface area contributed by atoms with Gasteiger partial charge in [0.1, 0.15) is 17.3 Å². The van der Waals surface area contributed by atoms with Crippen molar-refractivity contribution >= 4 is 5.91 Å². The van der Waals surface area contributed by atoms with Gasteiger partial charge in [-0.05, 0) is 43.3 Å². The second kappa shape index (κ2) is 8.07. The number of nitrogens with zero attached hydrogens (tertiary/aromatic N) is 2. The molecule has 0 unspecified atom stereocenters. The molecule has 3 rings (SSSR count). The summed E-state index contributed by atoms with van der Waals surface area (Å²) in [5.74, 6) is 2.40. The van der Waals surface area contributed by atoms with E-state index in [4.69, 9.17) is 13.9 Å².